The zero-order valence-corrected chi connectivity index (χ0v) is 7.84. The van der Waals surface area contributed by atoms with Crippen molar-refractivity contribution in [3.05, 3.63) is 23.8 Å². The normalized spacial score (nSPS) is 9.54. The molecule has 1 aromatic carbocycles. The highest BCUT2D eigenvalue weighted by atomic mass is 32.2. The van der Waals surface area contributed by atoms with Crippen LogP contribution in [0.4, 0.5) is 5.69 Å². The molecule has 0 bridgehead atoms. The molecule has 13 heavy (non-hydrogen) atoms. The molecule has 0 heterocycles. The van der Waals surface area contributed by atoms with E-state index >= 15 is 0 Å². The number of nitrogens with zero attached hydrogens (tertiary/aromatic N) is 1. The lowest BCUT2D eigenvalue weighted by Gasteiger charge is -2.01. The summed E-state index contributed by atoms with van der Waals surface area (Å²) in [6.07, 6.45) is 0. The molecule has 0 aliphatic carbocycles. The minimum atomic E-state index is 0.136. The van der Waals surface area contributed by atoms with Crippen LogP contribution in [-0.4, -0.2) is 17.5 Å². The maximum atomic E-state index is 8.68. The SMILES string of the molecule is N#Cc1cc(SCCO)ccc1N. The van der Waals surface area contributed by atoms with Gasteiger partial charge in [0, 0.05) is 16.3 Å². The predicted octanol–water partition coefficient (Wildman–Crippen LogP) is 1.22. The van der Waals surface area contributed by atoms with Crippen molar-refractivity contribution in [3.63, 3.8) is 0 Å². The minimum absolute atomic E-state index is 0.136. The summed E-state index contributed by atoms with van der Waals surface area (Å²) in [6.45, 7) is 0.136. The Kier molecular flexibility index (Phi) is 3.62. The molecule has 0 amide bonds. The molecule has 3 nitrogen and oxygen atoms in total. The van der Waals surface area contributed by atoms with Crippen LogP contribution >= 0.6 is 11.8 Å². The standard InChI is InChI=1S/C9H10N2OS/c10-6-7-5-8(13-4-3-12)1-2-9(7)11/h1-2,5,12H,3-4,11H2. The van der Waals surface area contributed by atoms with Crippen LogP contribution in [0.25, 0.3) is 0 Å². The van der Waals surface area contributed by atoms with Crippen molar-refractivity contribution in [1.29, 1.82) is 5.26 Å². The average molecular weight is 194 g/mol. The summed E-state index contributed by atoms with van der Waals surface area (Å²) in [4.78, 5) is 0.958. The quantitative estimate of drug-likeness (QED) is 0.560. The topological polar surface area (TPSA) is 70.0 Å². The Bertz CT molecular complexity index is 333. The van der Waals surface area contributed by atoms with Crippen molar-refractivity contribution in [2.75, 3.05) is 18.1 Å². The molecular formula is C9H10N2OS. The summed E-state index contributed by atoms with van der Waals surface area (Å²) in [5, 5.41) is 17.3. The zero-order valence-electron chi connectivity index (χ0n) is 7.03. The van der Waals surface area contributed by atoms with E-state index in [1.165, 1.54) is 11.8 Å². The number of nitrogens with two attached hydrogens (primary N) is 1. The number of aliphatic hydroxyl groups is 1. The first-order chi connectivity index (χ1) is 6.27. The molecule has 0 spiro atoms. The summed E-state index contributed by atoms with van der Waals surface area (Å²) in [6, 6.07) is 7.29. The first-order valence-electron chi connectivity index (χ1n) is 3.81. The van der Waals surface area contributed by atoms with Crippen LogP contribution < -0.4 is 5.73 Å². The van der Waals surface area contributed by atoms with Crippen LogP contribution in [0.15, 0.2) is 23.1 Å². The lowest BCUT2D eigenvalue weighted by atomic mass is 10.2. The van der Waals surface area contributed by atoms with Gasteiger partial charge in [0.1, 0.15) is 6.07 Å². The molecule has 4 heteroatoms. The number of hydrogen-bond donors (Lipinski definition) is 2. The van der Waals surface area contributed by atoms with Crippen molar-refractivity contribution in [2.45, 2.75) is 4.90 Å². The molecule has 3 N–H and O–H groups in total. The molecule has 68 valence electrons. The third kappa shape index (κ3) is 2.65. The molecule has 0 aromatic heterocycles. The molecular weight excluding hydrogens is 184 g/mol. The van der Waals surface area contributed by atoms with E-state index in [9.17, 15) is 0 Å². The highest BCUT2D eigenvalue weighted by Crippen LogP contribution is 2.21. The number of hydrogen-bond acceptors (Lipinski definition) is 4. The molecule has 0 aliphatic heterocycles. The van der Waals surface area contributed by atoms with Crippen molar-refractivity contribution in [3.8, 4) is 6.07 Å². The van der Waals surface area contributed by atoms with Gasteiger partial charge in [-0.3, -0.25) is 0 Å². The molecule has 0 saturated heterocycles. The number of thioether (sulfide) groups is 1. The van der Waals surface area contributed by atoms with E-state index in [0.29, 0.717) is 17.0 Å². The predicted molar refractivity (Wildman–Crippen MR) is 53.4 cm³/mol. The Hall–Kier alpha value is -1.18. The molecule has 0 unspecified atom stereocenters. The minimum Gasteiger partial charge on any atom is -0.398 e. The zero-order chi connectivity index (χ0) is 9.68. The summed E-state index contributed by atoms with van der Waals surface area (Å²) < 4.78 is 0. The second-order valence-electron chi connectivity index (χ2n) is 2.43. The van der Waals surface area contributed by atoms with E-state index in [4.69, 9.17) is 16.1 Å². The third-order valence-corrected chi connectivity index (χ3v) is 2.48. The number of anilines is 1. The fraction of sp³-hybridized carbons (Fsp3) is 0.222. The van der Waals surface area contributed by atoms with Crippen LogP contribution in [-0.2, 0) is 0 Å². The first-order valence-corrected chi connectivity index (χ1v) is 4.79. The fourth-order valence-electron chi connectivity index (χ4n) is 0.885. The van der Waals surface area contributed by atoms with Gasteiger partial charge in [-0.25, -0.2) is 0 Å². The maximum absolute atomic E-state index is 8.68. The van der Waals surface area contributed by atoms with Crippen molar-refractivity contribution in [1.82, 2.24) is 0 Å². The van der Waals surface area contributed by atoms with Gasteiger partial charge in [0.2, 0.25) is 0 Å². The Balaban J connectivity index is 2.82. The van der Waals surface area contributed by atoms with Gasteiger partial charge in [0.25, 0.3) is 0 Å². The van der Waals surface area contributed by atoms with Crippen LogP contribution in [0.1, 0.15) is 5.56 Å². The van der Waals surface area contributed by atoms with Gasteiger partial charge < -0.3 is 10.8 Å². The van der Waals surface area contributed by atoms with E-state index in [0.717, 1.165) is 4.90 Å². The van der Waals surface area contributed by atoms with Crippen LogP contribution in [0.5, 0.6) is 0 Å². The number of benzene rings is 1. The smallest absolute Gasteiger partial charge is 0.101 e. The molecule has 0 aliphatic rings. The van der Waals surface area contributed by atoms with Gasteiger partial charge >= 0.3 is 0 Å². The van der Waals surface area contributed by atoms with Gasteiger partial charge in [0.05, 0.1) is 12.2 Å². The number of rotatable bonds is 3. The first kappa shape index (κ1) is 9.90. The second-order valence-corrected chi connectivity index (χ2v) is 3.60. The number of aliphatic hydroxyl groups excluding tert-OH is 1. The van der Waals surface area contributed by atoms with Gasteiger partial charge in [-0.15, -0.1) is 11.8 Å². The average Bonchev–Trinajstić information content (AvgIpc) is 2.16. The maximum Gasteiger partial charge on any atom is 0.101 e. The molecule has 0 atom stereocenters. The summed E-state index contributed by atoms with van der Waals surface area (Å²) in [7, 11) is 0. The second kappa shape index (κ2) is 4.75. The van der Waals surface area contributed by atoms with E-state index in [1.807, 2.05) is 12.1 Å². The lowest BCUT2D eigenvalue weighted by molar-refractivity contribution is 0.322. The van der Waals surface area contributed by atoms with Crippen LogP contribution in [0, 0.1) is 11.3 Å². The third-order valence-electron chi connectivity index (χ3n) is 1.51. The van der Waals surface area contributed by atoms with Crippen LogP contribution in [0.2, 0.25) is 0 Å². The monoisotopic (exact) mass is 194 g/mol. The van der Waals surface area contributed by atoms with Crippen molar-refractivity contribution in [2.24, 2.45) is 0 Å². The Morgan fingerprint density at radius 1 is 1.54 bits per heavy atom. The summed E-state index contributed by atoms with van der Waals surface area (Å²) in [5.41, 5.74) is 6.53. The van der Waals surface area contributed by atoms with E-state index < -0.39 is 0 Å². The fourth-order valence-corrected chi connectivity index (χ4v) is 1.58. The van der Waals surface area contributed by atoms with Gasteiger partial charge in [0.15, 0.2) is 0 Å². The van der Waals surface area contributed by atoms with Gasteiger partial charge in [-0.2, -0.15) is 5.26 Å². The number of nitriles is 1. The number of nitrogen functional groups attached to an aromatic ring is 1. The van der Waals surface area contributed by atoms with Crippen LogP contribution in [0.3, 0.4) is 0 Å². The Labute approximate surface area is 81.2 Å². The molecule has 0 saturated carbocycles. The summed E-state index contributed by atoms with van der Waals surface area (Å²) in [5.74, 6) is 0.634. The lowest BCUT2D eigenvalue weighted by Crippen LogP contribution is -1.91. The highest BCUT2D eigenvalue weighted by Gasteiger charge is 1.99. The summed E-state index contributed by atoms with van der Waals surface area (Å²) >= 11 is 1.50. The Morgan fingerprint density at radius 2 is 2.31 bits per heavy atom. The Morgan fingerprint density at radius 3 is 2.92 bits per heavy atom. The molecule has 1 rings (SSSR count). The van der Waals surface area contributed by atoms with Gasteiger partial charge in [-0.1, -0.05) is 0 Å². The van der Waals surface area contributed by atoms with E-state index in [-0.39, 0.29) is 6.61 Å². The van der Waals surface area contributed by atoms with Crippen molar-refractivity contribution >= 4 is 17.4 Å². The molecule has 0 radical (unpaired) electrons. The largest absolute Gasteiger partial charge is 0.398 e. The molecule has 0 fully saturated rings. The van der Waals surface area contributed by atoms with E-state index in [1.54, 1.807) is 12.1 Å². The van der Waals surface area contributed by atoms with Gasteiger partial charge in [-0.05, 0) is 18.2 Å². The van der Waals surface area contributed by atoms with E-state index in [2.05, 4.69) is 0 Å². The molecule has 1 aromatic rings. The highest BCUT2D eigenvalue weighted by molar-refractivity contribution is 7.99. The van der Waals surface area contributed by atoms with Crippen molar-refractivity contribution < 1.29 is 5.11 Å².